The SMILES string of the molecule is C=CCO[C@H]1Cc2ccc(OC)cc2[C@H]1NC[C@H](O)[C@H](Cc1ccccc1)NC(=O)O. The number of amides is 1. The van der Waals surface area contributed by atoms with Crippen molar-refractivity contribution in [2.75, 3.05) is 20.3 Å². The molecule has 0 bridgehead atoms. The van der Waals surface area contributed by atoms with Gasteiger partial charge in [0.05, 0.1) is 38.0 Å². The maximum absolute atomic E-state index is 11.3. The van der Waals surface area contributed by atoms with Crippen molar-refractivity contribution in [2.45, 2.75) is 37.1 Å². The fourth-order valence-electron chi connectivity index (χ4n) is 4.00. The highest BCUT2D eigenvalue weighted by molar-refractivity contribution is 5.65. The van der Waals surface area contributed by atoms with Crippen molar-refractivity contribution in [3.8, 4) is 5.75 Å². The molecule has 31 heavy (non-hydrogen) atoms. The molecule has 1 aliphatic rings. The fourth-order valence-corrected chi connectivity index (χ4v) is 4.00. The van der Waals surface area contributed by atoms with E-state index in [1.54, 1.807) is 13.2 Å². The van der Waals surface area contributed by atoms with Gasteiger partial charge < -0.3 is 30.3 Å². The number of fused-ring (bicyclic) bond motifs is 1. The molecule has 1 aliphatic carbocycles. The van der Waals surface area contributed by atoms with E-state index >= 15 is 0 Å². The number of hydrogen-bond acceptors (Lipinski definition) is 5. The summed E-state index contributed by atoms with van der Waals surface area (Å²) in [5.41, 5.74) is 3.17. The third-order valence-electron chi connectivity index (χ3n) is 5.53. The van der Waals surface area contributed by atoms with Gasteiger partial charge in [0.25, 0.3) is 0 Å². The van der Waals surface area contributed by atoms with E-state index in [-0.39, 0.29) is 18.7 Å². The van der Waals surface area contributed by atoms with E-state index in [2.05, 4.69) is 17.2 Å². The summed E-state index contributed by atoms with van der Waals surface area (Å²) < 4.78 is 11.3. The Hall–Kier alpha value is -2.87. The van der Waals surface area contributed by atoms with Gasteiger partial charge in [-0.1, -0.05) is 42.5 Å². The molecule has 0 aromatic heterocycles. The normalized spacial score (nSPS) is 19.3. The van der Waals surface area contributed by atoms with E-state index < -0.39 is 18.2 Å². The van der Waals surface area contributed by atoms with Crippen molar-refractivity contribution in [3.05, 3.63) is 77.9 Å². The Balaban J connectivity index is 1.72. The van der Waals surface area contributed by atoms with Crippen molar-refractivity contribution < 1.29 is 24.5 Å². The summed E-state index contributed by atoms with van der Waals surface area (Å²) in [7, 11) is 1.63. The molecule has 4 N–H and O–H groups in total. The summed E-state index contributed by atoms with van der Waals surface area (Å²) in [6, 6.07) is 14.6. The van der Waals surface area contributed by atoms with Crippen LogP contribution in [0.5, 0.6) is 5.75 Å². The minimum Gasteiger partial charge on any atom is -0.497 e. The zero-order valence-corrected chi connectivity index (χ0v) is 17.7. The van der Waals surface area contributed by atoms with E-state index in [1.807, 2.05) is 48.5 Å². The van der Waals surface area contributed by atoms with Gasteiger partial charge >= 0.3 is 6.09 Å². The molecule has 0 radical (unpaired) electrons. The molecule has 2 aromatic carbocycles. The molecule has 2 aromatic rings. The van der Waals surface area contributed by atoms with Gasteiger partial charge in [-0.2, -0.15) is 0 Å². The Morgan fingerprint density at radius 1 is 1.29 bits per heavy atom. The van der Waals surface area contributed by atoms with E-state index in [1.165, 1.54) is 0 Å². The predicted molar refractivity (Wildman–Crippen MR) is 118 cm³/mol. The van der Waals surface area contributed by atoms with Gasteiger partial charge in [-0.25, -0.2) is 4.79 Å². The lowest BCUT2D eigenvalue weighted by Crippen LogP contribution is -2.49. The monoisotopic (exact) mass is 426 g/mol. The van der Waals surface area contributed by atoms with Crippen LogP contribution in [-0.4, -0.2) is 54.8 Å². The molecule has 7 heteroatoms. The Bertz CT molecular complexity index is 874. The average molecular weight is 427 g/mol. The van der Waals surface area contributed by atoms with Crippen molar-refractivity contribution in [3.63, 3.8) is 0 Å². The van der Waals surface area contributed by atoms with E-state index in [0.717, 1.165) is 28.9 Å². The summed E-state index contributed by atoms with van der Waals surface area (Å²) in [6.45, 7) is 4.34. The van der Waals surface area contributed by atoms with Gasteiger partial charge in [-0.15, -0.1) is 6.58 Å². The molecule has 0 fully saturated rings. The zero-order chi connectivity index (χ0) is 22.2. The molecule has 4 atom stereocenters. The molecule has 0 spiro atoms. The third-order valence-corrected chi connectivity index (χ3v) is 5.53. The topological polar surface area (TPSA) is 100 Å². The number of benzene rings is 2. The van der Waals surface area contributed by atoms with Crippen molar-refractivity contribution in [1.29, 1.82) is 0 Å². The van der Waals surface area contributed by atoms with Gasteiger partial charge in [0.2, 0.25) is 0 Å². The molecule has 0 heterocycles. The lowest BCUT2D eigenvalue weighted by Gasteiger charge is -2.27. The number of carboxylic acid groups (broad SMARTS) is 1. The fraction of sp³-hybridized carbons (Fsp3) is 0.375. The second-order valence-electron chi connectivity index (χ2n) is 7.63. The lowest BCUT2D eigenvalue weighted by molar-refractivity contribution is 0.0457. The van der Waals surface area contributed by atoms with Crippen LogP contribution >= 0.6 is 0 Å². The van der Waals surface area contributed by atoms with Crippen LogP contribution in [0.1, 0.15) is 22.7 Å². The standard InChI is InChI=1S/C24H30N2O5/c1-3-11-31-22-13-17-9-10-18(30-2)14-19(17)23(22)25-15-21(27)20(26-24(28)29)12-16-7-5-4-6-8-16/h3-10,14,20-23,25-27H,1,11-13,15H2,2H3,(H,28,29)/t20-,21-,22-,23+/m0/s1. The maximum Gasteiger partial charge on any atom is 0.404 e. The summed E-state index contributed by atoms with van der Waals surface area (Å²) >= 11 is 0. The maximum atomic E-state index is 11.3. The Labute approximate surface area is 182 Å². The van der Waals surface area contributed by atoms with Crippen molar-refractivity contribution in [1.82, 2.24) is 10.6 Å². The largest absolute Gasteiger partial charge is 0.497 e. The smallest absolute Gasteiger partial charge is 0.404 e. The summed E-state index contributed by atoms with van der Waals surface area (Å²) in [4.78, 5) is 11.3. The van der Waals surface area contributed by atoms with Crippen LogP contribution in [0.4, 0.5) is 4.79 Å². The molecule has 0 saturated heterocycles. The first-order valence-corrected chi connectivity index (χ1v) is 10.4. The van der Waals surface area contributed by atoms with Crippen LogP contribution in [0.25, 0.3) is 0 Å². The average Bonchev–Trinajstić information content (AvgIpc) is 3.12. The number of carbonyl (C=O) groups is 1. The van der Waals surface area contributed by atoms with Gasteiger partial charge in [0, 0.05) is 13.0 Å². The number of hydrogen-bond donors (Lipinski definition) is 4. The van der Waals surface area contributed by atoms with Crippen LogP contribution in [0, 0.1) is 0 Å². The van der Waals surface area contributed by atoms with E-state index in [4.69, 9.17) is 9.47 Å². The molecular weight excluding hydrogens is 396 g/mol. The summed E-state index contributed by atoms with van der Waals surface area (Å²) in [5, 5.41) is 25.9. The Morgan fingerprint density at radius 3 is 2.74 bits per heavy atom. The number of aliphatic hydroxyl groups excluding tert-OH is 1. The lowest BCUT2D eigenvalue weighted by atomic mass is 10.0. The number of methoxy groups -OCH3 is 1. The minimum atomic E-state index is -1.16. The van der Waals surface area contributed by atoms with Crippen molar-refractivity contribution >= 4 is 6.09 Å². The minimum absolute atomic E-state index is 0.118. The second-order valence-corrected chi connectivity index (χ2v) is 7.63. The Morgan fingerprint density at radius 2 is 2.06 bits per heavy atom. The molecule has 0 unspecified atom stereocenters. The number of ether oxygens (including phenoxy) is 2. The van der Waals surface area contributed by atoms with Crippen LogP contribution in [0.3, 0.4) is 0 Å². The van der Waals surface area contributed by atoms with Crippen molar-refractivity contribution in [2.24, 2.45) is 0 Å². The quantitative estimate of drug-likeness (QED) is 0.412. The molecule has 7 nitrogen and oxygen atoms in total. The van der Waals surface area contributed by atoms with Gasteiger partial charge in [-0.3, -0.25) is 0 Å². The predicted octanol–water partition coefficient (Wildman–Crippen LogP) is 2.69. The van der Waals surface area contributed by atoms with Crippen LogP contribution in [0.15, 0.2) is 61.2 Å². The van der Waals surface area contributed by atoms with Gasteiger partial charge in [0.15, 0.2) is 0 Å². The van der Waals surface area contributed by atoms with Gasteiger partial charge in [0.1, 0.15) is 5.75 Å². The highest BCUT2D eigenvalue weighted by Crippen LogP contribution is 2.35. The molecule has 1 amide bonds. The Kier molecular flexibility index (Phi) is 8.06. The first-order chi connectivity index (χ1) is 15.0. The molecule has 0 saturated carbocycles. The van der Waals surface area contributed by atoms with Gasteiger partial charge in [-0.05, 0) is 35.2 Å². The number of nitrogens with one attached hydrogen (secondary N) is 2. The zero-order valence-electron chi connectivity index (χ0n) is 17.7. The first kappa shape index (κ1) is 22.8. The highest BCUT2D eigenvalue weighted by atomic mass is 16.5. The third kappa shape index (κ3) is 6.07. The molecule has 166 valence electrons. The summed E-state index contributed by atoms with van der Waals surface area (Å²) in [6.07, 6.45) is 0.632. The highest BCUT2D eigenvalue weighted by Gasteiger charge is 2.34. The summed E-state index contributed by atoms with van der Waals surface area (Å²) in [5.74, 6) is 0.755. The molecule has 3 rings (SSSR count). The van der Waals surface area contributed by atoms with E-state index in [9.17, 15) is 15.0 Å². The van der Waals surface area contributed by atoms with Crippen LogP contribution in [-0.2, 0) is 17.6 Å². The van der Waals surface area contributed by atoms with E-state index in [0.29, 0.717) is 13.0 Å². The van der Waals surface area contributed by atoms with Crippen LogP contribution in [0.2, 0.25) is 0 Å². The number of aliphatic hydroxyl groups is 1. The first-order valence-electron chi connectivity index (χ1n) is 10.4. The number of rotatable bonds is 11. The second kappa shape index (κ2) is 10.9. The van der Waals surface area contributed by atoms with Crippen LogP contribution < -0.4 is 15.4 Å². The molecular formula is C24H30N2O5. The molecule has 0 aliphatic heterocycles.